The molecule has 1 aromatic heterocycles. The van der Waals surface area contributed by atoms with E-state index in [1.54, 1.807) is 0 Å². The van der Waals surface area contributed by atoms with Crippen molar-refractivity contribution in [2.45, 2.75) is 46.5 Å². The van der Waals surface area contributed by atoms with Crippen molar-refractivity contribution in [3.05, 3.63) is 59.7 Å². The number of rotatable bonds is 6. The molecule has 0 bridgehead atoms. The van der Waals surface area contributed by atoms with Gasteiger partial charge in [0.15, 0.2) is 0 Å². The lowest BCUT2D eigenvalue weighted by atomic mass is 9.91. The Morgan fingerprint density at radius 1 is 1.00 bits per heavy atom. The van der Waals surface area contributed by atoms with Crippen molar-refractivity contribution in [3.8, 4) is 5.69 Å². The Balaban J connectivity index is 2.62. The number of imidazole rings is 1. The standard InChI is InChI=1S/C22H31N3/c1-8-9-10-11-18-14-25(15-23-18)22-20(16(2)3)12-19(24(6)7)13-21(22)17(4)5/h8-17H,1-7H3/b9-8-,11-10-. The number of benzene rings is 1. The number of anilines is 1. The molecular weight excluding hydrogens is 306 g/mol. The number of nitrogens with zero attached hydrogens (tertiary/aromatic N) is 3. The van der Waals surface area contributed by atoms with Gasteiger partial charge < -0.3 is 9.47 Å². The zero-order valence-corrected chi connectivity index (χ0v) is 16.6. The van der Waals surface area contributed by atoms with Crippen molar-refractivity contribution in [1.82, 2.24) is 9.55 Å². The minimum Gasteiger partial charge on any atom is -0.378 e. The summed E-state index contributed by atoms with van der Waals surface area (Å²) in [7, 11) is 4.20. The van der Waals surface area contributed by atoms with E-state index in [2.05, 4.69) is 74.6 Å². The maximum atomic E-state index is 4.55. The largest absolute Gasteiger partial charge is 0.378 e. The molecule has 0 amide bonds. The van der Waals surface area contributed by atoms with E-state index in [-0.39, 0.29) is 0 Å². The highest BCUT2D eigenvalue weighted by atomic mass is 15.1. The van der Waals surface area contributed by atoms with Gasteiger partial charge in [-0.05, 0) is 48.1 Å². The molecule has 3 heteroatoms. The second kappa shape index (κ2) is 8.19. The first kappa shape index (κ1) is 19.0. The quantitative estimate of drug-likeness (QED) is 0.623. The van der Waals surface area contributed by atoms with Gasteiger partial charge in [-0.25, -0.2) is 4.98 Å². The summed E-state index contributed by atoms with van der Waals surface area (Å²) in [5.74, 6) is 0.883. The van der Waals surface area contributed by atoms with Crippen molar-refractivity contribution in [2.24, 2.45) is 0 Å². The molecule has 0 fully saturated rings. The SMILES string of the molecule is C/C=C\C=C/c1cn(-c2c(C(C)C)cc(N(C)C)cc2C(C)C)cn1. The van der Waals surface area contributed by atoms with Crippen molar-refractivity contribution in [2.75, 3.05) is 19.0 Å². The van der Waals surface area contributed by atoms with Gasteiger partial charge in [0.1, 0.15) is 0 Å². The van der Waals surface area contributed by atoms with Gasteiger partial charge in [-0.15, -0.1) is 0 Å². The fourth-order valence-electron chi connectivity index (χ4n) is 2.91. The van der Waals surface area contributed by atoms with Crippen LogP contribution in [0.2, 0.25) is 0 Å². The molecule has 0 aliphatic carbocycles. The smallest absolute Gasteiger partial charge is 0.0999 e. The molecule has 1 heterocycles. The van der Waals surface area contributed by atoms with E-state index in [1.807, 2.05) is 37.6 Å². The molecule has 134 valence electrons. The van der Waals surface area contributed by atoms with Crippen LogP contribution in [0.1, 0.15) is 63.3 Å². The first-order valence-electron chi connectivity index (χ1n) is 9.04. The highest BCUT2D eigenvalue weighted by molar-refractivity contribution is 5.62. The van der Waals surface area contributed by atoms with Crippen LogP contribution in [0.25, 0.3) is 11.8 Å². The van der Waals surface area contributed by atoms with Crippen LogP contribution in [-0.2, 0) is 0 Å². The molecule has 0 aliphatic rings. The van der Waals surface area contributed by atoms with Crippen molar-refractivity contribution >= 4 is 11.8 Å². The average molecular weight is 338 g/mol. The summed E-state index contributed by atoms with van der Waals surface area (Å²) < 4.78 is 2.18. The van der Waals surface area contributed by atoms with Gasteiger partial charge in [-0.1, -0.05) is 45.9 Å². The van der Waals surface area contributed by atoms with Crippen LogP contribution < -0.4 is 4.90 Å². The van der Waals surface area contributed by atoms with Crippen LogP contribution in [-0.4, -0.2) is 23.6 Å². The Labute approximate surface area is 152 Å². The van der Waals surface area contributed by atoms with E-state index in [0.29, 0.717) is 11.8 Å². The molecular formula is C22H31N3. The Hall–Kier alpha value is -2.29. The van der Waals surface area contributed by atoms with Crippen LogP contribution in [0.3, 0.4) is 0 Å². The van der Waals surface area contributed by atoms with Crippen molar-refractivity contribution in [3.63, 3.8) is 0 Å². The van der Waals surface area contributed by atoms with Gasteiger partial charge in [0.05, 0.1) is 17.7 Å². The molecule has 2 rings (SSSR count). The predicted molar refractivity (Wildman–Crippen MR) is 110 cm³/mol. The number of aromatic nitrogens is 2. The third kappa shape index (κ3) is 4.41. The van der Waals surface area contributed by atoms with Gasteiger partial charge in [-0.2, -0.15) is 0 Å². The van der Waals surface area contributed by atoms with E-state index >= 15 is 0 Å². The monoisotopic (exact) mass is 337 g/mol. The Bertz CT molecular complexity index is 732. The van der Waals surface area contributed by atoms with Crippen LogP contribution in [0.15, 0.2) is 42.9 Å². The highest BCUT2D eigenvalue weighted by Crippen LogP contribution is 2.35. The Kier molecular flexibility index (Phi) is 6.24. The number of hydrogen-bond acceptors (Lipinski definition) is 2. The van der Waals surface area contributed by atoms with Crippen molar-refractivity contribution < 1.29 is 0 Å². The fourth-order valence-corrected chi connectivity index (χ4v) is 2.91. The summed E-state index contributed by atoms with van der Waals surface area (Å²) in [4.78, 5) is 6.74. The van der Waals surface area contributed by atoms with Gasteiger partial charge in [0.2, 0.25) is 0 Å². The third-order valence-electron chi connectivity index (χ3n) is 4.35. The Morgan fingerprint density at radius 3 is 2.08 bits per heavy atom. The van der Waals surface area contributed by atoms with Crippen LogP contribution in [0.4, 0.5) is 5.69 Å². The zero-order chi connectivity index (χ0) is 18.6. The van der Waals surface area contributed by atoms with E-state index in [4.69, 9.17) is 0 Å². The lowest BCUT2D eigenvalue weighted by Gasteiger charge is -2.24. The molecule has 0 unspecified atom stereocenters. The predicted octanol–water partition coefficient (Wildman–Crippen LogP) is 5.77. The molecule has 0 saturated heterocycles. The van der Waals surface area contributed by atoms with E-state index < -0.39 is 0 Å². The highest BCUT2D eigenvalue weighted by Gasteiger charge is 2.18. The molecule has 0 spiro atoms. The van der Waals surface area contributed by atoms with E-state index in [1.165, 1.54) is 22.5 Å². The number of allylic oxidation sites excluding steroid dienone is 3. The second-order valence-electron chi connectivity index (χ2n) is 7.27. The molecule has 0 saturated carbocycles. The minimum atomic E-state index is 0.441. The first-order chi connectivity index (χ1) is 11.8. The maximum absolute atomic E-state index is 4.55. The second-order valence-corrected chi connectivity index (χ2v) is 7.27. The van der Waals surface area contributed by atoms with Gasteiger partial charge in [0, 0.05) is 26.0 Å². The summed E-state index contributed by atoms with van der Waals surface area (Å²) in [6, 6.07) is 4.61. The Morgan fingerprint density at radius 2 is 1.60 bits per heavy atom. The van der Waals surface area contributed by atoms with Gasteiger partial charge in [0.25, 0.3) is 0 Å². The van der Waals surface area contributed by atoms with Crippen molar-refractivity contribution in [1.29, 1.82) is 0 Å². The first-order valence-corrected chi connectivity index (χ1v) is 9.04. The summed E-state index contributed by atoms with van der Waals surface area (Å²) in [5, 5.41) is 0. The third-order valence-corrected chi connectivity index (χ3v) is 4.35. The van der Waals surface area contributed by atoms with E-state index in [9.17, 15) is 0 Å². The minimum absolute atomic E-state index is 0.441. The van der Waals surface area contributed by atoms with E-state index in [0.717, 1.165) is 5.69 Å². The van der Waals surface area contributed by atoms with Gasteiger partial charge >= 0.3 is 0 Å². The summed E-state index contributed by atoms with van der Waals surface area (Å²) in [6.45, 7) is 11.0. The van der Waals surface area contributed by atoms with Gasteiger partial charge in [-0.3, -0.25) is 0 Å². The van der Waals surface area contributed by atoms with Crippen LogP contribution in [0, 0.1) is 0 Å². The molecule has 1 aromatic carbocycles. The molecule has 0 atom stereocenters. The maximum Gasteiger partial charge on any atom is 0.0999 e. The molecule has 2 aromatic rings. The fraction of sp³-hybridized carbons (Fsp3) is 0.409. The molecule has 25 heavy (non-hydrogen) atoms. The average Bonchev–Trinajstić information content (AvgIpc) is 3.02. The van der Waals surface area contributed by atoms with Crippen LogP contribution >= 0.6 is 0 Å². The zero-order valence-electron chi connectivity index (χ0n) is 16.6. The lowest BCUT2D eigenvalue weighted by Crippen LogP contribution is -2.13. The molecule has 0 aliphatic heterocycles. The summed E-state index contributed by atoms with van der Waals surface area (Å²) >= 11 is 0. The summed E-state index contributed by atoms with van der Waals surface area (Å²) in [6.07, 6.45) is 12.1. The normalized spacial score (nSPS) is 12.2. The lowest BCUT2D eigenvalue weighted by molar-refractivity contribution is 0.803. The molecule has 0 radical (unpaired) electrons. The molecule has 3 nitrogen and oxygen atoms in total. The number of hydrogen-bond donors (Lipinski definition) is 0. The summed E-state index contributed by atoms with van der Waals surface area (Å²) in [5.41, 5.74) is 6.21. The van der Waals surface area contributed by atoms with Crippen LogP contribution in [0.5, 0.6) is 0 Å². The molecule has 0 N–H and O–H groups in total. The topological polar surface area (TPSA) is 21.1 Å².